The molecule has 84 valence electrons. The van der Waals surface area contributed by atoms with E-state index < -0.39 is 16.8 Å². The van der Waals surface area contributed by atoms with Gasteiger partial charge in [0.15, 0.2) is 0 Å². The summed E-state index contributed by atoms with van der Waals surface area (Å²) in [4.78, 5) is 24.0. The number of carboxylic acid groups (broad SMARTS) is 1. The van der Waals surface area contributed by atoms with Crippen LogP contribution in [0.25, 0.3) is 0 Å². The maximum atomic E-state index is 11.2. The standard InChI is InChI=1S/C9H12N2O3S.K.H/c1-2-9(8(13)14)4-11-5(12)3-6(11)15-7(9)10;;/h2,6-7H,1,3-4,10H2,(H,13,14);;/q;+1;-1/t6-,7?,9?;;/m1../s1. The van der Waals surface area contributed by atoms with Gasteiger partial charge in [0, 0.05) is 6.54 Å². The van der Waals surface area contributed by atoms with Gasteiger partial charge in [-0.1, -0.05) is 6.08 Å². The summed E-state index contributed by atoms with van der Waals surface area (Å²) in [7, 11) is 0. The van der Waals surface area contributed by atoms with Crippen LogP contribution in [0.3, 0.4) is 0 Å². The second kappa shape index (κ2) is 5.09. The molecule has 0 spiro atoms. The van der Waals surface area contributed by atoms with Crippen molar-refractivity contribution in [3.05, 3.63) is 12.7 Å². The van der Waals surface area contributed by atoms with Gasteiger partial charge in [-0.2, -0.15) is 0 Å². The Morgan fingerprint density at radius 3 is 2.88 bits per heavy atom. The van der Waals surface area contributed by atoms with Crippen molar-refractivity contribution in [2.24, 2.45) is 11.1 Å². The number of rotatable bonds is 2. The number of carbonyl (C=O) groups excluding carboxylic acids is 1. The van der Waals surface area contributed by atoms with E-state index in [2.05, 4.69) is 6.58 Å². The minimum Gasteiger partial charge on any atom is -1.00 e. The third-order valence-corrected chi connectivity index (χ3v) is 4.47. The molecule has 2 aliphatic rings. The van der Waals surface area contributed by atoms with Gasteiger partial charge in [0.2, 0.25) is 5.91 Å². The Balaban J connectivity index is 0.00000128. The monoisotopic (exact) mass is 268 g/mol. The summed E-state index contributed by atoms with van der Waals surface area (Å²) in [6, 6.07) is 0. The number of carbonyl (C=O) groups is 2. The van der Waals surface area contributed by atoms with Gasteiger partial charge >= 0.3 is 57.4 Å². The molecular weight excluding hydrogens is 255 g/mol. The number of nitrogens with two attached hydrogens (primary N) is 1. The first-order valence-corrected chi connectivity index (χ1v) is 5.53. The molecule has 2 aliphatic heterocycles. The van der Waals surface area contributed by atoms with Crippen LogP contribution in [0.5, 0.6) is 0 Å². The number of fused-ring (bicyclic) bond motifs is 1. The molecule has 2 fully saturated rings. The summed E-state index contributed by atoms with van der Waals surface area (Å²) in [5.41, 5.74) is 4.62. The van der Waals surface area contributed by atoms with Gasteiger partial charge in [-0.15, -0.1) is 18.3 Å². The molecule has 0 radical (unpaired) electrons. The van der Waals surface area contributed by atoms with E-state index in [1.807, 2.05) is 0 Å². The second-order valence-electron chi connectivity index (χ2n) is 3.79. The van der Waals surface area contributed by atoms with Crippen molar-refractivity contribution < 1.29 is 67.5 Å². The first kappa shape index (κ1) is 14.7. The van der Waals surface area contributed by atoms with Crippen LogP contribution < -0.4 is 57.1 Å². The molecule has 0 aromatic rings. The van der Waals surface area contributed by atoms with Crippen LogP contribution in [0.4, 0.5) is 0 Å². The molecule has 7 heteroatoms. The first-order chi connectivity index (χ1) is 7.01. The van der Waals surface area contributed by atoms with Crippen molar-refractivity contribution >= 4 is 23.6 Å². The molecule has 0 aromatic heterocycles. The molecule has 2 rings (SSSR count). The van der Waals surface area contributed by atoms with Gasteiger partial charge < -0.3 is 17.2 Å². The van der Waals surface area contributed by atoms with E-state index in [1.165, 1.54) is 17.8 Å². The number of amides is 1. The van der Waals surface area contributed by atoms with Gasteiger partial charge in [-0.3, -0.25) is 9.59 Å². The van der Waals surface area contributed by atoms with Crippen LogP contribution in [-0.2, 0) is 9.59 Å². The van der Waals surface area contributed by atoms with Crippen molar-refractivity contribution in [2.45, 2.75) is 17.2 Å². The number of β-lactam (4-membered cyclic amide) rings is 1. The van der Waals surface area contributed by atoms with Crippen molar-refractivity contribution in [1.29, 1.82) is 0 Å². The molecule has 16 heavy (non-hydrogen) atoms. The molecular formula is C9H13KN2O3S. The molecule has 0 saturated carbocycles. The van der Waals surface area contributed by atoms with Crippen LogP contribution in [0, 0.1) is 5.41 Å². The maximum absolute atomic E-state index is 11.2. The molecule has 0 aromatic carbocycles. The largest absolute Gasteiger partial charge is 1.00 e. The van der Waals surface area contributed by atoms with E-state index in [-0.39, 0.29) is 70.6 Å². The number of hydrogen-bond acceptors (Lipinski definition) is 4. The van der Waals surface area contributed by atoms with Crippen LogP contribution in [0.2, 0.25) is 0 Å². The maximum Gasteiger partial charge on any atom is 1.00 e. The van der Waals surface area contributed by atoms with Crippen molar-refractivity contribution in [1.82, 2.24) is 4.90 Å². The summed E-state index contributed by atoms with van der Waals surface area (Å²) in [5.74, 6) is -1.03. The smallest absolute Gasteiger partial charge is 1.00 e. The van der Waals surface area contributed by atoms with Gasteiger partial charge in [0.05, 0.1) is 17.2 Å². The molecule has 0 bridgehead atoms. The van der Waals surface area contributed by atoms with E-state index in [0.29, 0.717) is 6.42 Å². The zero-order valence-corrected chi connectivity index (χ0v) is 13.0. The summed E-state index contributed by atoms with van der Waals surface area (Å²) in [5, 5.41) is 8.69. The molecule has 3 N–H and O–H groups in total. The van der Waals surface area contributed by atoms with Gasteiger partial charge in [0.1, 0.15) is 5.41 Å². The Bertz CT molecular complexity index is 357. The Kier molecular flexibility index (Phi) is 4.67. The predicted molar refractivity (Wildman–Crippen MR) is 57.1 cm³/mol. The second-order valence-corrected chi connectivity index (χ2v) is 5.11. The number of aliphatic carboxylic acids is 1. The van der Waals surface area contributed by atoms with Gasteiger partial charge in [-0.25, -0.2) is 0 Å². The molecule has 2 saturated heterocycles. The molecule has 1 amide bonds. The average Bonchev–Trinajstić information content (AvgIpc) is 2.17. The van der Waals surface area contributed by atoms with Crippen molar-refractivity contribution in [3.63, 3.8) is 0 Å². The molecule has 0 aliphatic carbocycles. The summed E-state index contributed by atoms with van der Waals surface area (Å²) < 4.78 is 0. The predicted octanol–water partition coefficient (Wildman–Crippen LogP) is -3.05. The zero-order valence-electron chi connectivity index (χ0n) is 10.0. The van der Waals surface area contributed by atoms with E-state index in [4.69, 9.17) is 5.73 Å². The Morgan fingerprint density at radius 1 is 1.81 bits per heavy atom. The Morgan fingerprint density at radius 2 is 2.44 bits per heavy atom. The zero-order chi connectivity index (χ0) is 11.2. The van der Waals surface area contributed by atoms with E-state index in [0.717, 1.165) is 0 Å². The third kappa shape index (κ3) is 2.02. The van der Waals surface area contributed by atoms with E-state index >= 15 is 0 Å². The van der Waals surface area contributed by atoms with Gasteiger partial charge in [0.25, 0.3) is 0 Å². The summed E-state index contributed by atoms with van der Waals surface area (Å²) in [6.07, 6.45) is 1.81. The van der Waals surface area contributed by atoms with Crippen LogP contribution in [0.1, 0.15) is 7.85 Å². The van der Waals surface area contributed by atoms with Crippen molar-refractivity contribution in [2.75, 3.05) is 6.54 Å². The summed E-state index contributed by atoms with van der Waals surface area (Å²) >= 11 is 1.33. The van der Waals surface area contributed by atoms with E-state index in [1.54, 1.807) is 4.90 Å². The number of hydrogen-bond donors (Lipinski definition) is 2. The fourth-order valence-corrected chi connectivity index (χ4v) is 3.29. The van der Waals surface area contributed by atoms with Gasteiger partial charge in [-0.05, 0) is 0 Å². The topological polar surface area (TPSA) is 83.6 Å². The molecule has 5 nitrogen and oxygen atoms in total. The Labute approximate surface area is 142 Å². The first-order valence-electron chi connectivity index (χ1n) is 4.59. The summed E-state index contributed by atoms with van der Waals surface area (Å²) in [6.45, 7) is 3.67. The average molecular weight is 268 g/mol. The van der Waals surface area contributed by atoms with Crippen LogP contribution in [0.15, 0.2) is 12.7 Å². The molecule has 2 heterocycles. The minimum absolute atomic E-state index is 0. The SMILES string of the molecule is C=CC1(C(=O)O)CN2C(=O)C[C@H]2SC1N.[H-].[K+]. The fraction of sp³-hybridized carbons (Fsp3) is 0.556. The van der Waals surface area contributed by atoms with Crippen LogP contribution >= 0.6 is 11.8 Å². The quantitative estimate of drug-likeness (QED) is 0.316. The normalized spacial score (nSPS) is 36.8. The Hall–Kier alpha value is 0.626. The number of carboxylic acids is 1. The minimum atomic E-state index is -1.21. The molecule has 2 unspecified atom stereocenters. The number of nitrogens with zero attached hydrogens (tertiary/aromatic N) is 1. The third-order valence-electron chi connectivity index (χ3n) is 3.02. The van der Waals surface area contributed by atoms with Crippen LogP contribution in [-0.4, -0.2) is 39.2 Å². The fourth-order valence-electron chi connectivity index (χ4n) is 1.86. The number of thioether (sulfide) groups is 1. The van der Waals surface area contributed by atoms with Crippen molar-refractivity contribution in [3.8, 4) is 0 Å². The van der Waals surface area contributed by atoms with E-state index in [9.17, 15) is 14.7 Å². The molecule has 3 atom stereocenters.